The van der Waals surface area contributed by atoms with Gasteiger partial charge in [0.2, 0.25) is 5.91 Å². The van der Waals surface area contributed by atoms with Crippen LogP contribution in [0.25, 0.3) is 0 Å². The largest absolute Gasteiger partial charge is 0.359 e. The second kappa shape index (κ2) is 8.86. The fourth-order valence-corrected chi connectivity index (χ4v) is 3.39. The molecule has 1 aromatic carbocycles. The quantitative estimate of drug-likeness (QED) is 0.464. The van der Waals surface area contributed by atoms with Crippen LogP contribution in [0.15, 0.2) is 28.7 Å². The lowest BCUT2D eigenvalue weighted by atomic mass is 10.1. The standard InChI is InChI=1S/C18H23N5OS2/c1-11(2)20-17(25)22-19-9-15-10-26-18(21-15)23(14(5)24)16-8-6-7-12(3)13(16)4/h6-11H,1-5H3,(H2,20,22,25)/b19-9-. The van der Waals surface area contributed by atoms with E-state index in [-0.39, 0.29) is 11.9 Å². The lowest BCUT2D eigenvalue weighted by Gasteiger charge is -2.21. The van der Waals surface area contributed by atoms with Gasteiger partial charge in [0.1, 0.15) is 0 Å². The van der Waals surface area contributed by atoms with E-state index in [0.29, 0.717) is 15.9 Å². The van der Waals surface area contributed by atoms with Gasteiger partial charge in [0.15, 0.2) is 10.2 Å². The SMILES string of the molecule is CC(=O)N(c1nc(/C=N\NC(=S)NC(C)C)cs1)c1cccc(C)c1C. The Bertz CT molecular complexity index is 829. The Morgan fingerprint density at radius 1 is 1.38 bits per heavy atom. The first-order chi connectivity index (χ1) is 12.3. The topological polar surface area (TPSA) is 69.6 Å². The molecular formula is C18H23N5OS2. The fourth-order valence-electron chi connectivity index (χ4n) is 2.27. The highest BCUT2D eigenvalue weighted by Gasteiger charge is 2.19. The number of nitrogens with zero attached hydrogens (tertiary/aromatic N) is 3. The number of thiazole rings is 1. The lowest BCUT2D eigenvalue weighted by Crippen LogP contribution is -2.36. The van der Waals surface area contributed by atoms with Gasteiger partial charge in [0.25, 0.3) is 0 Å². The van der Waals surface area contributed by atoms with Crippen molar-refractivity contribution < 1.29 is 4.79 Å². The lowest BCUT2D eigenvalue weighted by molar-refractivity contribution is -0.115. The summed E-state index contributed by atoms with van der Waals surface area (Å²) < 4.78 is 0. The molecule has 0 radical (unpaired) electrons. The number of aromatic nitrogens is 1. The number of anilines is 2. The van der Waals surface area contributed by atoms with Crippen molar-refractivity contribution in [3.8, 4) is 0 Å². The minimum Gasteiger partial charge on any atom is -0.359 e. The number of benzene rings is 1. The van der Waals surface area contributed by atoms with Crippen LogP contribution in [0.2, 0.25) is 0 Å². The second-order valence-corrected chi connectivity index (χ2v) is 7.37. The van der Waals surface area contributed by atoms with Crippen LogP contribution in [0.4, 0.5) is 10.8 Å². The van der Waals surface area contributed by atoms with Crippen molar-refractivity contribution in [3.05, 3.63) is 40.4 Å². The van der Waals surface area contributed by atoms with Gasteiger partial charge in [-0.2, -0.15) is 5.10 Å². The highest BCUT2D eigenvalue weighted by molar-refractivity contribution is 7.80. The molecule has 2 aromatic rings. The van der Waals surface area contributed by atoms with Crippen LogP contribution in [0.1, 0.15) is 37.6 Å². The summed E-state index contributed by atoms with van der Waals surface area (Å²) in [4.78, 5) is 18.4. The molecule has 8 heteroatoms. The molecule has 0 aliphatic heterocycles. The Morgan fingerprint density at radius 3 is 2.77 bits per heavy atom. The number of hydrazone groups is 1. The van der Waals surface area contributed by atoms with Gasteiger partial charge in [-0.3, -0.25) is 15.1 Å². The van der Waals surface area contributed by atoms with Crippen LogP contribution in [0, 0.1) is 13.8 Å². The van der Waals surface area contributed by atoms with Gasteiger partial charge in [-0.1, -0.05) is 12.1 Å². The van der Waals surface area contributed by atoms with Crippen molar-refractivity contribution in [1.82, 2.24) is 15.7 Å². The van der Waals surface area contributed by atoms with E-state index in [4.69, 9.17) is 12.2 Å². The van der Waals surface area contributed by atoms with Gasteiger partial charge in [-0.15, -0.1) is 11.3 Å². The molecule has 138 valence electrons. The van der Waals surface area contributed by atoms with Crippen LogP contribution < -0.4 is 15.6 Å². The summed E-state index contributed by atoms with van der Waals surface area (Å²) in [6.07, 6.45) is 1.58. The first-order valence-corrected chi connectivity index (χ1v) is 9.50. The molecule has 0 fully saturated rings. The summed E-state index contributed by atoms with van der Waals surface area (Å²) in [6, 6.07) is 6.13. The maximum absolute atomic E-state index is 12.2. The van der Waals surface area contributed by atoms with Gasteiger partial charge in [0, 0.05) is 18.3 Å². The third-order valence-electron chi connectivity index (χ3n) is 3.62. The van der Waals surface area contributed by atoms with Crippen molar-refractivity contribution in [1.29, 1.82) is 0 Å². The van der Waals surface area contributed by atoms with E-state index in [1.54, 1.807) is 11.1 Å². The van der Waals surface area contributed by atoms with Crippen LogP contribution in [-0.2, 0) is 4.79 Å². The summed E-state index contributed by atoms with van der Waals surface area (Å²) in [5, 5.41) is 10.0. The molecule has 2 N–H and O–H groups in total. The average molecular weight is 390 g/mol. The third-order valence-corrected chi connectivity index (χ3v) is 4.67. The van der Waals surface area contributed by atoms with Crippen molar-refractivity contribution in [2.45, 2.75) is 40.7 Å². The Labute approximate surface area is 163 Å². The molecule has 0 aliphatic carbocycles. The molecule has 0 saturated carbocycles. The number of aryl methyl sites for hydroxylation is 1. The molecular weight excluding hydrogens is 366 g/mol. The molecule has 0 unspecified atom stereocenters. The average Bonchev–Trinajstić information content (AvgIpc) is 2.99. The number of thiocarbonyl (C=S) groups is 1. The summed E-state index contributed by atoms with van der Waals surface area (Å²) in [7, 11) is 0. The van der Waals surface area contributed by atoms with E-state index >= 15 is 0 Å². The zero-order valence-corrected chi connectivity index (χ0v) is 17.2. The molecule has 2 rings (SSSR count). The number of carbonyl (C=O) groups is 1. The minimum atomic E-state index is -0.0861. The predicted molar refractivity (Wildman–Crippen MR) is 112 cm³/mol. The monoisotopic (exact) mass is 389 g/mol. The fraction of sp³-hybridized carbons (Fsp3) is 0.333. The zero-order chi connectivity index (χ0) is 19.3. The Morgan fingerprint density at radius 2 is 2.12 bits per heavy atom. The highest BCUT2D eigenvalue weighted by atomic mass is 32.1. The zero-order valence-electron chi connectivity index (χ0n) is 15.5. The van der Waals surface area contributed by atoms with Crippen LogP contribution in [-0.4, -0.2) is 28.3 Å². The number of hydrogen-bond donors (Lipinski definition) is 2. The van der Waals surface area contributed by atoms with E-state index in [9.17, 15) is 4.79 Å². The Kier molecular flexibility index (Phi) is 6.82. The normalized spacial score (nSPS) is 11.0. The number of nitrogens with one attached hydrogen (secondary N) is 2. The smallest absolute Gasteiger partial charge is 0.230 e. The molecule has 26 heavy (non-hydrogen) atoms. The highest BCUT2D eigenvalue weighted by Crippen LogP contribution is 2.32. The second-order valence-electron chi connectivity index (χ2n) is 6.13. The van der Waals surface area contributed by atoms with E-state index < -0.39 is 0 Å². The molecule has 1 aromatic heterocycles. The van der Waals surface area contributed by atoms with Crippen LogP contribution in [0.3, 0.4) is 0 Å². The molecule has 1 heterocycles. The van der Waals surface area contributed by atoms with Gasteiger partial charge < -0.3 is 5.32 Å². The Hall–Kier alpha value is -2.32. The Balaban J connectivity index is 2.19. The van der Waals surface area contributed by atoms with E-state index in [2.05, 4.69) is 20.8 Å². The summed E-state index contributed by atoms with van der Waals surface area (Å²) in [6.45, 7) is 9.55. The number of hydrogen-bond acceptors (Lipinski definition) is 5. The number of amides is 1. The van der Waals surface area contributed by atoms with Crippen molar-refractivity contribution in [3.63, 3.8) is 0 Å². The summed E-state index contributed by atoms with van der Waals surface area (Å²) >= 11 is 6.50. The molecule has 0 atom stereocenters. The molecule has 0 aliphatic rings. The van der Waals surface area contributed by atoms with Gasteiger partial charge in [0.05, 0.1) is 17.6 Å². The molecule has 1 amide bonds. The van der Waals surface area contributed by atoms with Crippen molar-refractivity contribution >= 4 is 51.6 Å². The van der Waals surface area contributed by atoms with Gasteiger partial charge in [-0.25, -0.2) is 4.98 Å². The van der Waals surface area contributed by atoms with E-state index in [0.717, 1.165) is 16.8 Å². The van der Waals surface area contributed by atoms with Gasteiger partial charge in [-0.05, 0) is 57.1 Å². The van der Waals surface area contributed by atoms with Crippen molar-refractivity contribution in [2.75, 3.05) is 4.90 Å². The van der Waals surface area contributed by atoms with Crippen LogP contribution >= 0.6 is 23.6 Å². The summed E-state index contributed by atoms with van der Waals surface area (Å²) in [5.74, 6) is -0.0861. The first-order valence-electron chi connectivity index (χ1n) is 8.21. The van der Waals surface area contributed by atoms with E-state index in [1.807, 2.05) is 51.3 Å². The molecule has 0 saturated heterocycles. The van der Waals surface area contributed by atoms with Crippen molar-refractivity contribution in [2.24, 2.45) is 5.10 Å². The molecule has 0 bridgehead atoms. The third kappa shape index (κ3) is 5.09. The maximum Gasteiger partial charge on any atom is 0.230 e. The predicted octanol–water partition coefficient (Wildman–Crippen LogP) is 3.65. The molecule has 6 nitrogen and oxygen atoms in total. The maximum atomic E-state index is 12.2. The summed E-state index contributed by atoms with van der Waals surface area (Å²) in [5.41, 5.74) is 6.43. The number of rotatable bonds is 5. The number of carbonyl (C=O) groups excluding carboxylic acids is 1. The minimum absolute atomic E-state index is 0.0861. The van der Waals surface area contributed by atoms with E-state index in [1.165, 1.54) is 18.3 Å². The molecule has 0 spiro atoms. The van der Waals surface area contributed by atoms with Crippen LogP contribution in [0.5, 0.6) is 0 Å². The van der Waals surface area contributed by atoms with Gasteiger partial charge >= 0.3 is 0 Å². The first kappa shape index (κ1) is 20.0.